The van der Waals surface area contributed by atoms with Crippen molar-refractivity contribution in [2.45, 2.75) is 69.1 Å². The van der Waals surface area contributed by atoms with Crippen LogP contribution >= 0.6 is 11.8 Å². The Hall–Kier alpha value is -2.06. The first kappa shape index (κ1) is 21.6. The van der Waals surface area contributed by atoms with Gasteiger partial charge in [-0.1, -0.05) is 11.8 Å². The van der Waals surface area contributed by atoms with Crippen molar-refractivity contribution in [1.29, 1.82) is 0 Å². The first-order valence-corrected chi connectivity index (χ1v) is 10.8. The smallest absolute Gasteiger partial charge is 0.233 e. The number of carbonyl (C=O) groups excluding carboxylic acids is 1. The van der Waals surface area contributed by atoms with E-state index in [1.54, 1.807) is 7.11 Å². The molecule has 2 atom stereocenters. The largest absolute Gasteiger partial charge is 0.497 e. The van der Waals surface area contributed by atoms with E-state index < -0.39 is 0 Å². The number of thioether (sulfide) groups is 1. The molecule has 158 valence electrons. The first-order chi connectivity index (χ1) is 13.8. The van der Waals surface area contributed by atoms with Crippen LogP contribution in [0.2, 0.25) is 0 Å². The van der Waals surface area contributed by atoms with E-state index in [4.69, 9.17) is 9.47 Å². The molecule has 2 heterocycles. The maximum atomic E-state index is 12.5. The van der Waals surface area contributed by atoms with Crippen LogP contribution < -0.4 is 10.1 Å². The number of hydrogen-bond donors (Lipinski definition) is 1. The Morgan fingerprint density at radius 2 is 2.07 bits per heavy atom. The number of methoxy groups -OCH3 is 1. The minimum absolute atomic E-state index is 0.0137. The molecule has 1 amide bonds. The lowest BCUT2D eigenvalue weighted by Gasteiger charge is -2.23. The van der Waals surface area contributed by atoms with Crippen LogP contribution in [0.1, 0.15) is 40.5 Å². The highest BCUT2D eigenvalue weighted by molar-refractivity contribution is 8.00. The topological polar surface area (TPSA) is 78.3 Å². The van der Waals surface area contributed by atoms with Gasteiger partial charge in [-0.25, -0.2) is 0 Å². The molecule has 1 aliphatic rings. The third-order valence-corrected chi connectivity index (χ3v) is 5.71. The molecule has 7 nitrogen and oxygen atoms in total. The summed E-state index contributed by atoms with van der Waals surface area (Å²) in [5.74, 6) is 1.55. The maximum Gasteiger partial charge on any atom is 0.233 e. The fourth-order valence-electron chi connectivity index (χ4n) is 3.17. The summed E-state index contributed by atoms with van der Waals surface area (Å²) >= 11 is 1.42. The van der Waals surface area contributed by atoms with Gasteiger partial charge in [-0.15, -0.1) is 10.2 Å². The van der Waals surface area contributed by atoms with E-state index in [-0.39, 0.29) is 22.8 Å². The van der Waals surface area contributed by atoms with E-state index in [1.165, 1.54) is 11.8 Å². The molecule has 0 saturated carbocycles. The summed E-state index contributed by atoms with van der Waals surface area (Å²) in [5, 5.41) is 12.3. The number of hydrogen-bond acceptors (Lipinski definition) is 6. The lowest BCUT2D eigenvalue weighted by Crippen LogP contribution is -2.44. The number of rotatable bonds is 7. The molecule has 1 saturated heterocycles. The number of aromatic nitrogens is 3. The first-order valence-electron chi connectivity index (χ1n) is 9.95. The van der Waals surface area contributed by atoms with Crippen molar-refractivity contribution < 1.29 is 14.3 Å². The summed E-state index contributed by atoms with van der Waals surface area (Å²) in [6, 6.07) is 7.76. The van der Waals surface area contributed by atoms with Crippen LogP contribution in [0, 0.1) is 0 Å². The van der Waals surface area contributed by atoms with Crippen molar-refractivity contribution in [2.75, 3.05) is 13.7 Å². The Labute approximate surface area is 176 Å². The molecule has 29 heavy (non-hydrogen) atoms. The summed E-state index contributed by atoms with van der Waals surface area (Å²) in [7, 11) is 1.65. The number of nitrogens with zero attached hydrogens (tertiary/aromatic N) is 3. The molecule has 1 N–H and O–H groups in total. The van der Waals surface area contributed by atoms with Crippen LogP contribution in [0.4, 0.5) is 0 Å². The van der Waals surface area contributed by atoms with E-state index in [0.29, 0.717) is 6.54 Å². The molecule has 2 aromatic rings. The second kappa shape index (κ2) is 9.17. The van der Waals surface area contributed by atoms with Gasteiger partial charge in [0.05, 0.1) is 25.0 Å². The number of nitrogens with one attached hydrogen (secondary N) is 1. The Morgan fingerprint density at radius 3 is 2.66 bits per heavy atom. The van der Waals surface area contributed by atoms with Gasteiger partial charge in [0.1, 0.15) is 5.75 Å². The van der Waals surface area contributed by atoms with E-state index in [9.17, 15) is 4.79 Å². The van der Waals surface area contributed by atoms with Gasteiger partial charge in [0.2, 0.25) is 5.91 Å². The van der Waals surface area contributed by atoms with E-state index >= 15 is 0 Å². The zero-order valence-corrected chi connectivity index (χ0v) is 18.6. The van der Waals surface area contributed by atoms with Gasteiger partial charge < -0.3 is 14.8 Å². The lowest BCUT2D eigenvalue weighted by atomic mass is 10.1. The number of benzene rings is 1. The van der Waals surface area contributed by atoms with Crippen molar-refractivity contribution in [3.05, 3.63) is 24.3 Å². The summed E-state index contributed by atoms with van der Waals surface area (Å²) in [5.41, 5.74) is 0.681. The standard InChI is InChI=1S/C21H30N4O3S/c1-14(19(26)22-21(2,3)4)29-20-24-23-18(15-8-10-16(27-5)11-9-15)25(20)13-17-7-6-12-28-17/h8-11,14,17H,6-7,12-13H2,1-5H3,(H,22,26). The highest BCUT2D eigenvalue weighted by Gasteiger charge is 2.26. The molecule has 0 bridgehead atoms. The van der Waals surface area contributed by atoms with E-state index in [1.807, 2.05) is 52.0 Å². The molecule has 8 heteroatoms. The maximum absolute atomic E-state index is 12.5. The highest BCUT2D eigenvalue weighted by Crippen LogP contribution is 2.29. The molecule has 0 radical (unpaired) electrons. The molecule has 3 rings (SSSR count). The van der Waals surface area contributed by atoms with Crippen molar-refractivity contribution in [2.24, 2.45) is 0 Å². The normalized spacial score (nSPS) is 17.9. The van der Waals surface area contributed by atoms with Gasteiger partial charge in [-0.2, -0.15) is 0 Å². The second-order valence-corrected chi connectivity index (χ2v) is 9.59. The minimum Gasteiger partial charge on any atom is -0.497 e. The molecular formula is C21H30N4O3S. The summed E-state index contributed by atoms with van der Waals surface area (Å²) in [4.78, 5) is 12.5. The Bertz CT molecular complexity index is 823. The molecular weight excluding hydrogens is 388 g/mol. The Kier molecular flexibility index (Phi) is 6.85. The van der Waals surface area contributed by atoms with Gasteiger partial charge in [-0.3, -0.25) is 9.36 Å². The fourth-order valence-corrected chi connectivity index (χ4v) is 4.03. The zero-order valence-electron chi connectivity index (χ0n) is 17.8. The van der Waals surface area contributed by atoms with Crippen LogP contribution in [0.15, 0.2) is 29.4 Å². The molecule has 1 aromatic carbocycles. The van der Waals surface area contributed by atoms with Crippen molar-refractivity contribution >= 4 is 17.7 Å². The fraction of sp³-hybridized carbons (Fsp3) is 0.571. The van der Waals surface area contributed by atoms with Gasteiger partial charge in [-0.05, 0) is 64.8 Å². The minimum atomic E-state index is -0.287. The summed E-state index contributed by atoms with van der Waals surface area (Å²) in [6.45, 7) is 9.28. The predicted molar refractivity (Wildman–Crippen MR) is 114 cm³/mol. The number of ether oxygens (including phenoxy) is 2. The number of amides is 1. The Morgan fingerprint density at radius 1 is 1.34 bits per heavy atom. The van der Waals surface area contributed by atoms with Crippen molar-refractivity contribution in [1.82, 2.24) is 20.1 Å². The predicted octanol–water partition coefficient (Wildman–Crippen LogP) is 3.53. The average Bonchev–Trinajstić information content (AvgIpc) is 3.31. The molecule has 1 aromatic heterocycles. The zero-order chi connectivity index (χ0) is 21.0. The molecule has 1 fully saturated rings. The van der Waals surface area contributed by atoms with Gasteiger partial charge in [0.25, 0.3) is 0 Å². The SMILES string of the molecule is COc1ccc(-c2nnc(SC(C)C(=O)NC(C)(C)C)n2CC2CCCO2)cc1. The number of carbonyl (C=O) groups is 1. The van der Waals surface area contributed by atoms with Crippen molar-refractivity contribution in [3.8, 4) is 17.1 Å². The van der Waals surface area contributed by atoms with Crippen LogP contribution in [0.3, 0.4) is 0 Å². The van der Waals surface area contributed by atoms with Crippen LogP contribution in [-0.2, 0) is 16.1 Å². The molecule has 2 unspecified atom stereocenters. The molecule has 1 aliphatic heterocycles. The van der Waals surface area contributed by atoms with Crippen molar-refractivity contribution in [3.63, 3.8) is 0 Å². The van der Waals surface area contributed by atoms with Gasteiger partial charge in [0, 0.05) is 17.7 Å². The summed E-state index contributed by atoms with van der Waals surface area (Å²) < 4.78 is 13.2. The van der Waals surface area contributed by atoms with Crippen LogP contribution in [-0.4, -0.2) is 51.3 Å². The summed E-state index contributed by atoms with van der Waals surface area (Å²) in [6.07, 6.45) is 2.23. The monoisotopic (exact) mass is 418 g/mol. The Balaban J connectivity index is 1.85. The van der Waals surface area contributed by atoms with Crippen LogP contribution in [0.5, 0.6) is 5.75 Å². The lowest BCUT2D eigenvalue weighted by molar-refractivity contribution is -0.121. The van der Waals surface area contributed by atoms with E-state index in [0.717, 1.165) is 41.7 Å². The molecule has 0 spiro atoms. The third-order valence-electron chi connectivity index (χ3n) is 4.62. The molecule has 0 aliphatic carbocycles. The van der Waals surface area contributed by atoms with Gasteiger partial charge in [0.15, 0.2) is 11.0 Å². The van der Waals surface area contributed by atoms with E-state index in [2.05, 4.69) is 20.1 Å². The van der Waals surface area contributed by atoms with Gasteiger partial charge >= 0.3 is 0 Å². The third kappa shape index (κ3) is 5.73. The average molecular weight is 419 g/mol. The second-order valence-electron chi connectivity index (χ2n) is 8.28. The quantitative estimate of drug-likeness (QED) is 0.693. The van der Waals surface area contributed by atoms with Crippen LogP contribution in [0.25, 0.3) is 11.4 Å². The highest BCUT2D eigenvalue weighted by atomic mass is 32.2.